The molecule has 11 heteroatoms. The topological polar surface area (TPSA) is 92.5 Å². The SMILES string of the molecule is N[C@@H]1CN(Cc2ccc(F)cc2)c2cc(C(=O)NC3CC(F)(F)C3)c(F)cc2S(=O)(=O)C1. The van der Waals surface area contributed by atoms with Gasteiger partial charge < -0.3 is 16.0 Å². The van der Waals surface area contributed by atoms with Crippen molar-refractivity contribution < 1.29 is 30.8 Å². The Kier molecular flexibility index (Phi) is 5.66. The zero-order valence-corrected chi connectivity index (χ0v) is 17.6. The zero-order chi connectivity index (χ0) is 23.3. The van der Waals surface area contributed by atoms with Gasteiger partial charge in [-0.1, -0.05) is 12.1 Å². The Morgan fingerprint density at radius 3 is 2.44 bits per heavy atom. The van der Waals surface area contributed by atoms with E-state index in [0.29, 0.717) is 5.56 Å². The largest absolute Gasteiger partial charge is 0.365 e. The summed E-state index contributed by atoms with van der Waals surface area (Å²) < 4.78 is 79.7. The van der Waals surface area contributed by atoms with Crippen LogP contribution >= 0.6 is 0 Å². The zero-order valence-electron chi connectivity index (χ0n) is 16.8. The molecular formula is C21H21F4N3O3S. The Morgan fingerprint density at radius 1 is 1.16 bits per heavy atom. The maximum atomic E-state index is 14.8. The molecule has 0 aromatic heterocycles. The summed E-state index contributed by atoms with van der Waals surface area (Å²) in [6.45, 7) is 0.225. The average molecular weight is 471 g/mol. The van der Waals surface area contributed by atoms with E-state index in [1.165, 1.54) is 24.3 Å². The summed E-state index contributed by atoms with van der Waals surface area (Å²) in [7, 11) is -3.95. The number of halogens is 4. The normalized spacial score (nSPS) is 21.9. The van der Waals surface area contributed by atoms with Gasteiger partial charge in [0.2, 0.25) is 0 Å². The number of amides is 1. The van der Waals surface area contributed by atoms with E-state index in [1.807, 2.05) is 0 Å². The van der Waals surface area contributed by atoms with Crippen molar-refractivity contribution in [3.63, 3.8) is 0 Å². The van der Waals surface area contributed by atoms with E-state index in [1.54, 1.807) is 4.90 Å². The molecule has 0 saturated heterocycles. The minimum atomic E-state index is -3.95. The number of carbonyl (C=O) groups is 1. The molecular weight excluding hydrogens is 450 g/mol. The smallest absolute Gasteiger partial charge is 0.254 e. The first kappa shape index (κ1) is 22.5. The quantitative estimate of drug-likeness (QED) is 0.669. The van der Waals surface area contributed by atoms with Crippen LogP contribution in [0, 0.1) is 11.6 Å². The molecule has 6 nitrogen and oxygen atoms in total. The van der Waals surface area contributed by atoms with Gasteiger partial charge in [0.25, 0.3) is 11.8 Å². The summed E-state index contributed by atoms with van der Waals surface area (Å²) in [5.41, 5.74) is 6.26. The number of rotatable bonds is 4. The maximum Gasteiger partial charge on any atom is 0.254 e. The Bertz CT molecular complexity index is 1150. The predicted octanol–water partition coefficient (Wildman–Crippen LogP) is 2.61. The fourth-order valence-electron chi connectivity index (χ4n) is 4.01. The van der Waals surface area contributed by atoms with Crippen LogP contribution in [0.4, 0.5) is 23.2 Å². The third kappa shape index (κ3) is 4.58. The van der Waals surface area contributed by atoms with Crippen LogP contribution in [0.1, 0.15) is 28.8 Å². The number of benzene rings is 2. The molecule has 2 aliphatic rings. The van der Waals surface area contributed by atoms with Crippen molar-refractivity contribution in [2.45, 2.75) is 42.3 Å². The second-order valence-electron chi connectivity index (χ2n) is 8.28. The lowest BCUT2D eigenvalue weighted by Crippen LogP contribution is -2.50. The van der Waals surface area contributed by atoms with Gasteiger partial charge in [-0.15, -0.1) is 0 Å². The third-order valence-electron chi connectivity index (χ3n) is 5.57. The van der Waals surface area contributed by atoms with E-state index in [9.17, 15) is 30.8 Å². The Morgan fingerprint density at radius 2 is 1.81 bits per heavy atom. The van der Waals surface area contributed by atoms with Crippen LogP contribution in [-0.2, 0) is 16.4 Å². The number of nitrogens with two attached hydrogens (primary N) is 1. The monoisotopic (exact) mass is 471 g/mol. The first-order chi connectivity index (χ1) is 14.9. The highest BCUT2D eigenvalue weighted by Gasteiger charge is 2.46. The summed E-state index contributed by atoms with van der Waals surface area (Å²) in [4.78, 5) is 13.8. The van der Waals surface area contributed by atoms with Crippen LogP contribution in [0.3, 0.4) is 0 Å². The molecule has 32 heavy (non-hydrogen) atoms. The number of hydrogen-bond acceptors (Lipinski definition) is 5. The molecule has 0 spiro atoms. The lowest BCUT2D eigenvalue weighted by atomic mass is 9.88. The number of anilines is 1. The van der Waals surface area contributed by atoms with Crippen molar-refractivity contribution in [1.29, 1.82) is 0 Å². The van der Waals surface area contributed by atoms with Crippen molar-refractivity contribution >= 4 is 21.4 Å². The molecule has 0 radical (unpaired) electrons. The minimum Gasteiger partial charge on any atom is -0.365 e. The van der Waals surface area contributed by atoms with Crippen LogP contribution in [0.2, 0.25) is 0 Å². The van der Waals surface area contributed by atoms with Gasteiger partial charge in [0.05, 0.1) is 21.9 Å². The number of carbonyl (C=O) groups excluding carboxylic acids is 1. The summed E-state index contributed by atoms with van der Waals surface area (Å²) >= 11 is 0. The molecule has 0 bridgehead atoms. The number of alkyl halides is 2. The fourth-order valence-corrected chi connectivity index (χ4v) is 5.64. The van der Waals surface area contributed by atoms with Crippen LogP contribution in [-0.4, -0.2) is 44.6 Å². The summed E-state index contributed by atoms with van der Waals surface area (Å²) in [5.74, 6) is -5.69. The van der Waals surface area contributed by atoms with Gasteiger partial charge in [-0.3, -0.25) is 4.79 Å². The van der Waals surface area contributed by atoms with Gasteiger partial charge >= 0.3 is 0 Å². The van der Waals surface area contributed by atoms with Crippen LogP contribution in [0.15, 0.2) is 41.3 Å². The highest BCUT2D eigenvalue weighted by atomic mass is 32.2. The standard InChI is InChI=1S/C21H21F4N3O3S/c22-13-3-1-12(2-4-13)9-28-10-14(26)11-32(30,31)19-6-17(23)16(5-18(19)28)20(29)27-15-7-21(24,25)8-15/h1-6,14-15H,7-11,26H2,(H,27,29)/t14-/m1/s1. The second-order valence-corrected chi connectivity index (χ2v) is 10.3. The van der Waals surface area contributed by atoms with Gasteiger partial charge in [0.1, 0.15) is 11.6 Å². The first-order valence-corrected chi connectivity index (χ1v) is 11.6. The van der Waals surface area contributed by atoms with E-state index in [2.05, 4.69) is 5.32 Å². The highest BCUT2D eigenvalue weighted by molar-refractivity contribution is 7.91. The van der Waals surface area contributed by atoms with E-state index >= 15 is 0 Å². The maximum absolute atomic E-state index is 14.8. The molecule has 3 N–H and O–H groups in total. The Labute approximate surface area is 182 Å². The molecule has 2 aromatic rings. The van der Waals surface area contributed by atoms with Gasteiger partial charge in [0, 0.05) is 38.0 Å². The lowest BCUT2D eigenvalue weighted by molar-refractivity contribution is -0.0901. The molecule has 1 aliphatic carbocycles. The molecule has 1 amide bonds. The van der Waals surface area contributed by atoms with Crippen molar-refractivity contribution in [3.05, 3.63) is 59.2 Å². The van der Waals surface area contributed by atoms with Crippen LogP contribution in [0.5, 0.6) is 0 Å². The molecule has 2 aromatic carbocycles. The summed E-state index contributed by atoms with van der Waals surface area (Å²) in [6.07, 6.45) is -1.07. The van der Waals surface area contributed by atoms with Gasteiger partial charge in [-0.2, -0.15) is 0 Å². The minimum absolute atomic E-state index is 0.0766. The average Bonchev–Trinajstić information content (AvgIpc) is 2.75. The Hall–Kier alpha value is -2.66. The number of nitrogens with zero attached hydrogens (tertiary/aromatic N) is 1. The molecule has 1 fully saturated rings. The van der Waals surface area contributed by atoms with Crippen molar-refractivity contribution in [1.82, 2.24) is 5.32 Å². The van der Waals surface area contributed by atoms with E-state index in [0.717, 1.165) is 12.1 Å². The fraction of sp³-hybridized carbons (Fsp3) is 0.381. The Balaban J connectivity index is 1.70. The third-order valence-corrected chi connectivity index (χ3v) is 7.43. The number of nitrogens with one attached hydrogen (secondary N) is 1. The number of hydrogen-bond donors (Lipinski definition) is 2. The molecule has 172 valence electrons. The van der Waals surface area contributed by atoms with Gasteiger partial charge in [0.15, 0.2) is 9.84 Å². The van der Waals surface area contributed by atoms with Crippen LogP contribution in [0.25, 0.3) is 0 Å². The van der Waals surface area contributed by atoms with Crippen LogP contribution < -0.4 is 16.0 Å². The molecule has 0 unspecified atom stereocenters. The second kappa shape index (κ2) is 8.04. The number of fused-ring (bicyclic) bond motifs is 1. The summed E-state index contributed by atoms with van der Waals surface area (Å²) in [6, 6.07) is 5.85. The van der Waals surface area contributed by atoms with Crippen molar-refractivity contribution in [2.75, 3.05) is 17.2 Å². The molecule has 1 aliphatic heterocycles. The molecule has 1 heterocycles. The highest BCUT2D eigenvalue weighted by Crippen LogP contribution is 2.38. The molecule has 1 atom stereocenters. The first-order valence-electron chi connectivity index (χ1n) is 9.93. The predicted molar refractivity (Wildman–Crippen MR) is 109 cm³/mol. The van der Waals surface area contributed by atoms with E-state index in [-0.39, 0.29) is 23.7 Å². The van der Waals surface area contributed by atoms with Crippen molar-refractivity contribution in [2.24, 2.45) is 5.73 Å². The number of sulfone groups is 1. The van der Waals surface area contributed by atoms with Gasteiger partial charge in [-0.25, -0.2) is 26.0 Å². The molecule has 1 saturated carbocycles. The summed E-state index contributed by atoms with van der Waals surface area (Å²) in [5, 5.41) is 2.36. The van der Waals surface area contributed by atoms with E-state index < -0.39 is 69.5 Å². The van der Waals surface area contributed by atoms with E-state index in [4.69, 9.17) is 5.73 Å². The van der Waals surface area contributed by atoms with Gasteiger partial charge in [-0.05, 0) is 29.8 Å². The molecule has 4 rings (SSSR count). The van der Waals surface area contributed by atoms with Crippen molar-refractivity contribution in [3.8, 4) is 0 Å². The lowest BCUT2D eigenvalue weighted by Gasteiger charge is -2.35.